The van der Waals surface area contributed by atoms with Crippen LogP contribution in [0.25, 0.3) is 0 Å². The van der Waals surface area contributed by atoms with Gasteiger partial charge in [0.05, 0.1) is 12.0 Å². The SMILES string of the molecule is CCCOCC1(C(=O)O)CCC(F)(F)C1. The van der Waals surface area contributed by atoms with Gasteiger partial charge in [-0.25, -0.2) is 8.78 Å². The lowest BCUT2D eigenvalue weighted by Crippen LogP contribution is -2.35. The van der Waals surface area contributed by atoms with Crippen molar-refractivity contribution >= 4 is 5.97 Å². The molecule has 1 aliphatic rings. The van der Waals surface area contributed by atoms with Gasteiger partial charge in [0.1, 0.15) is 0 Å². The average molecular weight is 222 g/mol. The topological polar surface area (TPSA) is 46.5 Å². The van der Waals surface area contributed by atoms with E-state index in [-0.39, 0.29) is 19.4 Å². The Labute approximate surface area is 87.4 Å². The summed E-state index contributed by atoms with van der Waals surface area (Å²) in [5.41, 5.74) is -1.38. The summed E-state index contributed by atoms with van der Waals surface area (Å²) in [5, 5.41) is 8.98. The first-order valence-corrected chi connectivity index (χ1v) is 5.11. The van der Waals surface area contributed by atoms with Gasteiger partial charge in [0, 0.05) is 19.4 Å². The number of halogens is 2. The zero-order valence-electron chi connectivity index (χ0n) is 8.76. The molecule has 1 N–H and O–H groups in total. The van der Waals surface area contributed by atoms with Crippen molar-refractivity contribution in [1.82, 2.24) is 0 Å². The van der Waals surface area contributed by atoms with Gasteiger partial charge < -0.3 is 9.84 Å². The number of aliphatic carboxylic acids is 1. The van der Waals surface area contributed by atoms with Gasteiger partial charge in [-0.3, -0.25) is 4.79 Å². The summed E-state index contributed by atoms with van der Waals surface area (Å²) in [5.74, 6) is -4.02. The molecule has 5 heteroatoms. The molecule has 0 aromatic heterocycles. The van der Waals surface area contributed by atoms with Gasteiger partial charge in [-0.1, -0.05) is 6.92 Å². The first-order valence-electron chi connectivity index (χ1n) is 5.11. The van der Waals surface area contributed by atoms with Gasteiger partial charge >= 0.3 is 5.97 Å². The van der Waals surface area contributed by atoms with E-state index in [0.29, 0.717) is 6.61 Å². The Morgan fingerprint density at radius 1 is 1.47 bits per heavy atom. The highest BCUT2D eigenvalue weighted by Gasteiger charge is 2.54. The highest BCUT2D eigenvalue weighted by atomic mass is 19.3. The summed E-state index contributed by atoms with van der Waals surface area (Å²) in [6.07, 6.45) is -0.195. The predicted molar refractivity (Wildman–Crippen MR) is 50.0 cm³/mol. The Balaban J connectivity index is 2.61. The van der Waals surface area contributed by atoms with Crippen molar-refractivity contribution in [2.75, 3.05) is 13.2 Å². The number of hydrogen-bond acceptors (Lipinski definition) is 2. The molecule has 0 bridgehead atoms. The highest BCUT2D eigenvalue weighted by molar-refractivity contribution is 5.75. The lowest BCUT2D eigenvalue weighted by molar-refractivity contribution is -0.154. The molecule has 88 valence electrons. The van der Waals surface area contributed by atoms with E-state index in [1.165, 1.54) is 0 Å². The summed E-state index contributed by atoms with van der Waals surface area (Å²) in [4.78, 5) is 11.0. The third-order valence-electron chi connectivity index (χ3n) is 2.75. The summed E-state index contributed by atoms with van der Waals surface area (Å²) < 4.78 is 31.1. The van der Waals surface area contributed by atoms with Crippen LogP contribution in [0.4, 0.5) is 8.78 Å². The molecule has 0 aromatic carbocycles. The number of hydrogen-bond donors (Lipinski definition) is 1. The van der Waals surface area contributed by atoms with Gasteiger partial charge in [-0.05, 0) is 12.8 Å². The minimum absolute atomic E-state index is 0.000945. The zero-order chi connectivity index (χ0) is 11.5. The van der Waals surface area contributed by atoms with Gasteiger partial charge in [0.15, 0.2) is 0 Å². The van der Waals surface area contributed by atoms with Crippen molar-refractivity contribution in [2.45, 2.75) is 38.5 Å². The van der Waals surface area contributed by atoms with Crippen LogP contribution in [0.15, 0.2) is 0 Å². The second kappa shape index (κ2) is 4.43. The summed E-state index contributed by atoms with van der Waals surface area (Å²) in [6.45, 7) is 2.20. The number of alkyl halides is 2. The van der Waals surface area contributed by atoms with E-state index in [1.807, 2.05) is 6.92 Å². The predicted octanol–water partition coefficient (Wildman–Crippen LogP) is 2.30. The third kappa shape index (κ3) is 2.87. The first-order chi connectivity index (χ1) is 6.92. The molecule has 1 unspecified atom stereocenters. The number of carboxylic acids is 1. The Bertz CT molecular complexity index is 243. The molecule has 0 aliphatic heterocycles. The highest BCUT2D eigenvalue weighted by Crippen LogP contribution is 2.47. The smallest absolute Gasteiger partial charge is 0.312 e. The molecule has 0 amide bonds. The lowest BCUT2D eigenvalue weighted by Gasteiger charge is -2.23. The normalized spacial score (nSPS) is 29.3. The van der Waals surface area contributed by atoms with Gasteiger partial charge in [-0.15, -0.1) is 0 Å². The molecule has 1 rings (SSSR count). The Hall–Kier alpha value is -0.710. The van der Waals surface area contributed by atoms with Crippen molar-refractivity contribution in [3.63, 3.8) is 0 Å². The Morgan fingerprint density at radius 3 is 2.53 bits per heavy atom. The molecule has 1 fully saturated rings. The third-order valence-corrected chi connectivity index (χ3v) is 2.75. The van der Waals surface area contributed by atoms with Crippen LogP contribution < -0.4 is 0 Å². The van der Waals surface area contributed by atoms with Crippen LogP contribution in [0.3, 0.4) is 0 Å². The van der Waals surface area contributed by atoms with Crippen LogP contribution in [0.2, 0.25) is 0 Å². The van der Waals surface area contributed by atoms with E-state index in [2.05, 4.69) is 0 Å². The minimum Gasteiger partial charge on any atom is -0.481 e. The maximum absolute atomic E-state index is 13.0. The van der Waals surface area contributed by atoms with Gasteiger partial charge in [-0.2, -0.15) is 0 Å². The first kappa shape index (κ1) is 12.4. The molecule has 0 aromatic rings. The van der Waals surface area contributed by atoms with E-state index < -0.39 is 23.7 Å². The van der Waals surface area contributed by atoms with Crippen LogP contribution in [-0.4, -0.2) is 30.2 Å². The molecule has 0 heterocycles. The number of carboxylic acid groups (broad SMARTS) is 1. The summed E-state index contributed by atoms with van der Waals surface area (Å²) >= 11 is 0. The van der Waals surface area contributed by atoms with Crippen molar-refractivity contribution in [3.05, 3.63) is 0 Å². The monoisotopic (exact) mass is 222 g/mol. The maximum atomic E-state index is 13.0. The zero-order valence-corrected chi connectivity index (χ0v) is 8.76. The Morgan fingerprint density at radius 2 is 2.13 bits per heavy atom. The summed E-state index contributed by atoms with van der Waals surface area (Å²) in [6, 6.07) is 0. The molecule has 1 aliphatic carbocycles. The molecular formula is C10H16F2O3. The lowest BCUT2D eigenvalue weighted by atomic mass is 9.87. The molecule has 0 spiro atoms. The minimum atomic E-state index is -2.85. The quantitative estimate of drug-likeness (QED) is 0.726. The van der Waals surface area contributed by atoms with Crippen LogP contribution in [-0.2, 0) is 9.53 Å². The molecule has 0 radical (unpaired) electrons. The van der Waals surface area contributed by atoms with E-state index in [1.54, 1.807) is 0 Å². The number of ether oxygens (including phenoxy) is 1. The number of rotatable bonds is 5. The molecule has 15 heavy (non-hydrogen) atoms. The van der Waals surface area contributed by atoms with Crippen molar-refractivity contribution < 1.29 is 23.4 Å². The van der Waals surface area contributed by atoms with E-state index in [0.717, 1.165) is 6.42 Å². The average Bonchev–Trinajstić information content (AvgIpc) is 2.44. The van der Waals surface area contributed by atoms with Crippen LogP contribution in [0.1, 0.15) is 32.6 Å². The van der Waals surface area contributed by atoms with Crippen molar-refractivity contribution in [3.8, 4) is 0 Å². The van der Waals surface area contributed by atoms with Crippen molar-refractivity contribution in [2.24, 2.45) is 5.41 Å². The fourth-order valence-electron chi connectivity index (χ4n) is 1.87. The van der Waals surface area contributed by atoms with Crippen molar-refractivity contribution in [1.29, 1.82) is 0 Å². The second-order valence-corrected chi connectivity index (χ2v) is 4.17. The van der Waals surface area contributed by atoms with Gasteiger partial charge in [0.2, 0.25) is 5.92 Å². The van der Waals surface area contributed by atoms with E-state index in [9.17, 15) is 13.6 Å². The standard InChI is InChI=1S/C10H16F2O3/c1-2-5-15-7-9(8(13)14)3-4-10(11,12)6-9/h2-7H2,1H3,(H,13,14). The molecule has 3 nitrogen and oxygen atoms in total. The van der Waals surface area contributed by atoms with E-state index in [4.69, 9.17) is 9.84 Å². The van der Waals surface area contributed by atoms with Crippen LogP contribution >= 0.6 is 0 Å². The molecule has 0 saturated heterocycles. The molecule has 1 atom stereocenters. The molecule has 1 saturated carbocycles. The number of carbonyl (C=O) groups is 1. The van der Waals surface area contributed by atoms with Gasteiger partial charge in [0.25, 0.3) is 0 Å². The fraction of sp³-hybridized carbons (Fsp3) is 0.900. The van der Waals surface area contributed by atoms with E-state index >= 15 is 0 Å². The van der Waals surface area contributed by atoms with Crippen LogP contribution in [0.5, 0.6) is 0 Å². The summed E-state index contributed by atoms with van der Waals surface area (Å²) in [7, 11) is 0. The fourth-order valence-corrected chi connectivity index (χ4v) is 1.87. The largest absolute Gasteiger partial charge is 0.481 e. The Kier molecular flexibility index (Phi) is 3.65. The maximum Gasteiger partial charge on any atom is 0.312 e. The molecular weight excluding hydrogens is 206 g/mol. The van der Waals surface area contributed by atoms with Crippen LogP contribution in [0, 0.1) is 5.41 Å². The second-order valence-electron chi connectivity index (χ2n) is 4.17.